The standard InChI is InChI=1S/C22H26ClN3O6/c1-6-31-18-12-19(32-7-2)16(11-15(18)23)24-22(28)21(13(3)27)26-25-14-8-9-17(29-4)20(10-14)30-5/h8-12,21H,6-7H2,1-5H3,(H,24,28). The number of hydrogen-bond acceptors (Lipinski definition) is 8. The first kappa shape index (κ1) is 24.9. The zero-order valence-electron chi connectivity index (χ0n) is 18.6. The lowest BCUT2D eigenvalue weighted by Crippen LogP contribution is -2.32. The molecule has 2 rings (SSSR count). The number of nitrogens with one attached hydrogen (secondary N) is 1. The molecule has 1 atom stereocenters. The Kier molecular flexibility index (Phi) is 9.27. The van der Waals surface area contributed by atoms with Crippen molar-refractivity contribution < 1.29 is 28.5 Å². The molecular formula is C22H26ClN3O6. The molecule has 0 aliphatic heterocycles. The number of methoxy groups -OCH3 is 2. The number of rotatable bonds is 11. The first-order valence-corrected chi connectivity index (χ1v) is 10.3. The SMILES string of the molecule is CCOc1cc(OCC)c(NC(=O)C(N=Nc2ccc(OC)c(OC)c2)C(C)=O)cc1Cl. The Balaban J connectivity index is 2.28. The predicted molar refractivity (Wildman–Crippen MR) is 121 cm³/mol. The average Bonchev–Trinajstić information content (AvgIpc) is 2.76. The number of hydrogen-bond donors (Lipinski definition) is 1. The topological polar surface area (TPSA) is 108 Å². The van der Waals surface area contributed by atoms with E-state index < -0.39 is 17.7 Å². The fourth-order valence-corrected chi connectivity index (χ4v) is 2.92. The maximum absolute atomic E-state index is 12.8. The van der Waals surface area contributed by atoms with Crippen LogP contribution in [0.5, 0.6) is 23.0 Å². The number of halogens is 1. The highest BCUT2D eigenvalue weighted by Gasteiger charge is 2.25. The van der Waals surface area contributed by atoms with Gasteiger partial charge in [0, 0.05) is 12.1 Å². The van der Waals surface area contributed by atoms with Crippen LogP contribution in [0.1, 0.15) is 20.8 Å². The van der Waals surface area contributed by atoms with Crippen LogP contribution in [0.2, 0.25) is 5.02 Å². The van der Waals surface area contributed by atoms with Crippen LogP contribution in [0, 0.1) is 0 Å². The number of ketones is 1. The molecule has 1 amide bonds. The molecular weight excluding hydrogens is 438 g/mol. The summed E-state index contributed by atoms with van der Waals surface area (Å²) in [5.74, 6) is 0.575. The van der Waals surface area contributed by atoms with E-state index in [1.165, 1.54) is 27.2 Å². The number of carbonyl (C=O) groups is 2. The smallest absolute Gasteiger partial charge is 0.258 e. The number of nitrogens with zero attached hydrogens (tertiary/aromatic N) is 2. The van der Waals surface area contributed by atoms with Crippen molar-refractivity contribution >= 4 is 34.7 Å². The van der Waals surface area contributed by atoms with Gasteiger partial charge >= 0.3 is 0 Å². The van der Waals surface area contributed by atoms with Crippen molar-refractivity contribution in [1.29, 1.82) is 0 Å². The summed E-state index contributed by atoms with van der Waals surface area (Å²) in [4.78, 5) is 24.9. The van der Waals surface area contributed by atoms with Crippen molar-refractivity contribution in [3.63, 3.8) is 0 Å². The minimum Gasteiger partial charge on any atom is -0.493 e. The van der Waals surface area contributed by atoms with Gasteiger partial charge in [-0.05, 0) is 39.0 Å². The molecule has 2 aromatic rings. The summed E-state index contributed by atoms with van der Waals surface area (Å²) >= 11 is 6.24. The van der Waals surface area contributed by atoms with Gasteiger partial charge in [0.05, 0.1) is 43.8 Å². The van der Waals surface area contributed by atoms with Crippen LogP contribution in [0.3, 0.4) is 0 Å². The largest absolute Gasteiger partial charge is 0.493 e. The highest BCUT2D eigenvalue weighted by molar-refractivity contribution is 6.32. The Hall–Kier alpha value is -3.33. The Morgan fingerprint density at radius 3 is 2.22 bits per heavy atom. The van der Waals surface area contributed by atoms with Gasteiger partial charge in [-0.15, -0.1) is 0 Å². The number of ether oxygens (including phenoxy) is 4. The van der Waals surface area contributed by atoms with Crippen LogP contribution in [-0.4, -0.2) is 45.2 Å². The third-order valence-electron chi connectivity index (χ3n) is 4.18. The first-order valence-electron chi connectivity index (χ1n) is 9.87. The molecule has 2 aromatic carbocycles. The third kappa shape index (κ3) is 6.34. The van der Waals surface area contributed by atoms with Gasteiger partial charge in [0.25, 0.3) is 5.91 Å². The Labute approximate surface area is 191 Å². The summed E-state index contributed by atoms with van der Waals surface area (Å²) in [6.07, 6.45) is 0. The molecule has 0 heterocycles. The highest BCUT2D eigenvalue weighted by atomic mass is 35.5. The van der Waals surface area contributed by atoms with Crippen LogP contribution in [0.15, 0.2) is 40.6 Å². The monoisotopic (exact) mass is 463 g/mol. The molecule has 0 aliphatic carbocycles. The van der Waals surface area contributed by atoms with Crippen LogP contribution in [0.25, 0.3) is 0 Å². The van der Waals surface area contributed by atoms with E-state index in [0.29, 0.717) is 41.9 Å². The van der Waals surface area contributed by atoms with E-state index in [4.69, 9.17) is 30.5 Å². The predicted octanol–water partition coefficient (Wildman–Crippen LogP) is 4.83. The van der Waals surface area contributed by atoms with E-state index in [-0.39, 0.29) is 10.7 Å². The van der Waals surface area contributed by atoms with Crippen molar-refractivity contribution in [3.8, 4) is 23.0 Å². The summed E-state index contributed by atoms with van der Waals surface area (Å²) in [5.41, 5.74) is 0.679. The first-order chi connectivity index (χ1) is 15.3. The number of carbonyl (C=O) groups excluding carboxylic acids is 2. The van der Waals surface area contributed by atoms with Crippen LogP contribution in [-0.2, 0) is 9.59 Å². The van der Waals surface area contributed by atoms with Crippen molar-refractivity contribution in [1.82, 2.24) is 0 Å². The highest BCUT2D eigenvalue weighted by Crippen LogP contribution is 2.36. The zero-order chi connectivity index (χ0) is 23.7. The average molecular weight is 464 g/mol. The van der Waals surface area contributed by atoms with E-state index in [1.54, 1.807) is 31.2 Å². The molecule has 0 bridgehead atoms. The zero-order valence-corrected chi connectivity index (χ0v) is 19.4. The number of amides is 1. The van der Waals surface area contributed by atoms with Crippen molar-refractivity contribution in [2.24, 2.45) is 10.2 Å². The quantitative estimate of drug-likeness (QED) is 0.377. The summed E-state index contributed by atoms with van der Waals surface area (Å²) in [6.45, 7) is 5.65. The molecule has 172 valence electrons. The van der Waals surface area contributed by atoms with Gasteiger partial charge in [0.15, 0.2) is 17.3 Å². The third-order valence-corrected chi connectivity index (χ3v) is 4.48. The van der Waals surface area contributed by atoms with Crippen molar-refractivity contribution in [2.75, 3.05) is 32.8 Å². The van der Waals surface area contributed by atoms with Crippen LogP contribution >= 0.6 is 11.6 Å². The normalized spacial score (nSPS) is 11.7. The summed E-state index contributed by atoms with van der Waals surface area (Å²) in [7, 11) is 3.00. The Morgan fingerprint density at radius 2 is 1.62 bits per heavy atom. The fourth-order valence-electron chi connectivity index (χ4n) is 2.70. The Morgan fingerprint density at radius 1 is 0.969 bits per heavy atom. The number of benzene rings is 2. The van der Waals surface area contributed by atoms with E-state index in [2.05, 4.69) is 15.5 Å². The van der Waals surface area contributed by atoms with Crippen LogP contribution < -0.4 is 24.3 Å². The lowest BCUT2D eigenvalue weighted by molar-refractivity contribution is -0.126. The van der Waals surface area contributed by atoms with Crippen molar-refractivity contribution in [3.05, 3.63) is 35.4 Å². The molecule has 32 heavy (non-hydrogen) atoms. The molecule has 9 nitrogen and oxygen atoms in total. The molecule has 1 unspecified atom stereocenters. The fraction of sp³-hybridized carbons (Fsp3) is 0.364. The van der Waals surface area contributed by atoms with Gasteiger partial charge in [-0.2, -0.15) is 10.2 Å². The lowest BCUT2D eigenvalue weighted by atomic mass is 10.2. The molecule has 0 aliphatic rings. The molecule has 10 heteroatoms. The summed E-state index contributed by atoms with van der Waals surface area (Å²) in [5, 5.41) is 10.9. The molecule has 1 N–H and O–H groups in total. The minimum absolute atomic E-state index is 0.289. The second-order valence-corrected chi connectivity index (χ2v) is 6.81. The van der Waals surface area contributed by atoms with E-state index in [0.717, 1.165) is 0 Å². The van der Waals surface area contributed by atoms with Gasteiger partial charge < -0.3 is 24.3 Å². The lowest BCUT2D eigenvalue weighted by Gasteiger charge is -2.16. The number of Topliss-reactive ketones (excluding diaryl/α,β-unsaturated/α-hetero) is 1. The van der Waals surface area contributed by atoms with E-state index >= 15 is 0 Å². The molecule has 0 fully saturated rings. The van der Waals surface area contributed by atoms with Gasteiger partial charge in [-0.3, -0.25) is 9.59 Å². The second kappa shape index (κ2) is 11.9. The van der Waals surface area contributed by atoms with Gasteiger partial charge in [-0.25, -0.2) is 0 Å². The van der Waals surface area contributed by atoms with E-state index in [1.807, 2.05) is 6.92 Å². The van der Waals surface area contributed by atoms with Gasteiger partial charge in [0.1, 0.15) is 11.5 Å². The molecule has 0 aromatic heterocycles. The van der Waals surface area contributed by atoms with E-state index in [9.17, 15) is 9.59 Å². The van der Waals surface area contributed by atoms with Crippen LogP contribution in [0.4, 0.5) is 11.4 Å². The Bertz CT molecular complexity index is 996. The maximum Gasteiger partial charge on any atom is 0.258 e. The van der Waals surface area contributed by atoms with Crippen molar-refractivity contribution in [2.45, 2.75) is 26.8 Å². The minimum atomic E-state index is -1.37. The second-order valence-electron chi connectivity index (χ2n) is 6.40. The molecule has 0 saturated carbocycles. The van der Waals surface area contributed by atoms with Gasteiger partial charge in [-0.1, -0.05) is 11.6 Å². The summed E-state index contributed by atoms with van der Waals surface area (Å²) < 4.78 is 21.4. The number of anilines is 1. The molecule has 0 spiro atoms. The maximum atomic E-state index is 12.8. The molecule has 0 radical (unpaired) electrons. The molecule has 0 saturated heterocycles. The summed E-state index contributed by atoms with van der Waals surface area (Å²) in [6, 6.07) is 6.56. The number of azo groups is 1. The van der Waals surface area contributed by atoms with Gasteiger partial charge in [0.2, 0.25) is 6.04 Å².